The Balaban J connectivity index is 1.58. The molecule has 0 fully saturated rings. The highest BCUT2D eigenvalue weighted by Crippen LogP contribution is 2.31. The minimum absolute atomic E-state index is 0.307. The first kappa shape index (κ1) is 18.2. The number of nitriles is 1. The fourth-order valence-electron chi connectivity index (χ4n) is 3.40. The summed E-state index contributed by atoms with van der Waals surface area (Å²) in [6.45, 7) is 2.31. The summed E-state index contributed by atoms with van der Waals surface area (Å²) >= 11 is 0. The molecule has 0 aliphatic carbocycles. The van der Waals surface area contributed by atoms with Crippen molar-refractivity contribution in [3.05, 3.63) is 88.7 Å². The number of pyridine rings is 1. The minimum atomic E-state index is -0.968. The van der Waals surface area contributed by atoms with Crippen molar-refractivity contribution >= 4 is 12.6 Å². The maximum atomic E-state index is 10.4. The van der Waals surface area contributed by atoms with Crippen LogP contribution < -0.4 is 10.2 Å². The Bertz CT molecular complexity index is 1030. The van der Waals surface area contributed by atoms with Crippen molar-refractivity contribution in [1.29, 1.82) is 5.26 Å². The number of rotatable bonds is 4. The highest BCUT2D eigenvalue weighted by molar-refractivity contribution is 6.60. The van der Waals surface area contributed by atoms with Crippen molar-refractivity contribution in [3.8, 4) is 11.8 Å². The number of fused-ring (bicyclic) bond motifs is 1. The maximum absolute atomic E-state index is 10.4. The largest absolute Gasteiger partial charge is 0.491 e. The number of hydrogen-bond donors (Lipinski definition) is 1. The van der Waals surface area contributed by atoms with Crippen molar-refractivity contribution in [2.45, 2.75) is 26.1 Å². The zero-order valence-electron chi connectivity index (χ0n) is 15.5. The van der Waals surface area contributed by atoms with Crippen molar-refractivity contribution in [2.24, 2.45) is 0 Å². The third kappa shape index (κ3) is 3.77. The van der Waals surface area contributed by atoms with E-state index in [-0.39, 0.29) is 6.10 Å². The van der Waals surface area contributed by atoms with E-state index in [4.69, 9.17) is 9.39 Å². The molecule has 6 heteroatoms. The van der Waals surface area contributed by atoms with Crippen LogP contribution in [0.15, 0.2) is 60.9 Å². The molecule has 4 rings (SSSR count). The Labute approximate surface area is 164 Å². The van der Waals surface area contributed by atoms with Crippen LogP contribution in [0.25, 0.3) is 0 Å². The summed E-state index contributed by atoms with van der Waals surface area (Å²) in [5, 5.41) is 19.8. The van der Waals surface area contributed by atoms with Crippen molar-refractivity contribution in [2.75, 3.05) is 0 Å². The molecule has 1 atom stereocenters. The van der Waals surface area contributed by atoms with Crippen molar-refractivity contribution in [1.82, 2.24) is 4.98 Å². The Hall–Kier alpha value is -3.14. The molecule has 0 saturated heterocycles. The molecule has 2 aromatic carbocycles. The van der Waals surface area contributed by atoms with Gasteiger partial charge < -0.3 is 14.4 Å². The summed E-state index contributed by atoms with van der Waals surface area (Å²) < 4.78 is 11.7. The second-order valence-electron chi connectivity index (χ2n) is 6.90. The molecule has 28 heavy (non-hydrogen) atoms. The summed E-state index contributed by atoms with van der Waals surface area (Å²) in [6.07, 6.45) is 3.78. The van der Waals surface area contributed by atoms with E-state index in [2.05, 4.69) is 11.1 Å². The first-order valence-corrected chi connectivity index (χ1v) is 9.13. The number of benzene rings is 2. The minimum Gasteiger partial charge on any atom is -0.487 e. The lowest BCUT2D eigenvalue weighted by Gasteiger charge is -2.28. The average Bonchev–Trinajstić information content (AvgIpc) is 2.73. The Kier molecular flexibility index (Phi) is 5.11. The molecule has 0 radical (unpaired) electrons. The van der Waals surface area contributed by atoms with Crippen LogP contribution in [0, 0.1) is 18.3 Å². The molecule has 2 heterocycles. The molecular formula is C22H19BN2O3. The molecule has 1 aromatic heterocycles. The van der Waals surface area contributed by atoms with Crippen LogP contribution in [-0.4, -0.2) is 17.1 Å². The highest BCUT2D eigenvalue weighted by atomic mass is 16.5. The van der Waals surface area contributed by atoms with Gasteiger partial charge in [-0.15, -0.1) is 0 Å². The maximum Gasteiger partial charge on any atom is 0.491 e. The van der Waals surface area contributed by atoms with Crippen LogP contribution in [0.3, 0.4) is 0 Å². The molecule has 1 aliphatic heterocycles. The standard InChI is InChI=1S/C22H19BN2O3/c1-15-4-5-17-10-22(28-23(26)20(17)9-15)18-6-7-19(12-24)21(11-18)27-14-16-3-2-8-25-13-16/h2-9,11,13,22,26H,10,14H2,1H3. The van der Waals surface area contributed by atoms with Gasteiger partial charge >= 0.3 is 7.12 Å². The first-order chi connectivity index (χ1) is 13.6. The van der Waals surface area contributed by atoms with Gasteiger partial charge in [0.15, 0.2) is 0 Å². The van der Waals surface area contributed by atoms with Gasteiger partial charge in [-0.25, -0.2) is 0 Å². The summed E-state index contributed by atoms with van der Waals surface area (Å²) in [7, 11) is -0.968. The number of aryl methyl sites for hydroxylation is 1. The second-order valence-corrected chi connectivity index (χ2v) is 6.90. The first-order valence-electron chi connectivity index (χ1n) is 9.13. The average molecular weight is 370 g/mol. The van der Waals surface area contributed by atoms with Crippen LogP contribution in [0.4, 0.5) is 0 Å². The SMILES string of the molecule is Cc1ccc2c(c1)B(O)OC(c1ccc(C#N)c(OCc3cccnc3)c1)C2. The number of hydrogen-bond acceptors (Lipinski definition) is 5. The van der Waals surface area contributed by atoms with E-state index >= 15 is 0 Å². The smallest absolute Gasteiger partial charge is 0.487 e. The quantitative estimate of drug-likeness (QED) is 0.715. The Morgan fingerprint density at radius 2 is 2.18 bits per heavy atom. The summed E-state index contributed by atoms with van der Waals surface area (Å²) in [5.74, 6) is 0.497. The lowest BCUT2D eigenvalue weighted by Crippen LogP contribution is -2.42. The fourth-order valence-corrected chi connectivity index (χ4v) is 3.40. The highest BCUT2D eigenvalue weighted by Gasteiger charge is 2.32. The zero-order valence-corrected chi connectivity index (χ0v) is 15.5. The Morgan fingerprint density at radius 1 is 1.29 bits per heavy atom. The van der Waals surface area contributed by atoms with Gasteiger partial charge in [-0.1, -0.05) is 35.9 Å². The third-order valence-corrected chi connectivity index (χ3v) is 4.88. The van der Waals surface area contributed by atoms with E-state index in [1.165, 1.54) is 0 Å². The van der Waals surface area contributed by atoms with Gasteiger partial charge in [-0.05, 0) is 41.7 Å². The Morgan fingerprint density at radius 3 is 2.96 bits per heavy atom. The van der Waals surface area contributed by atoms with E-state index < -0.39 is 7.12 Å². The van der Waals surface area contributed by atoms with E-state index in [0.29, 0.717) is 24.3 Å². The lowest BCUT2D eigenvalue weighted by molar-refractivity contribution is 0.167. The van der Waals surface area contributed by atoms with E-state index in [0.717, 1.165) is 27.7 Å². The molecule has 138 valence electrons. The van der Waals surface area contributed by atoms with Crippen molar-refractivity contribution in [3.63, 3.8) is 0 Å². The van der Waals surface area contributed by atoms with E-state index in [9.17, 15) is 10.3 Å². The summed E-state index contributed by atoms with van der Waals surface area (Å²) in [4.78, 5) is 4.07. The van der Waals surface area contributed by atoms with Gasteiger partial charge in [0, 0.05) is 24.4 Å². The van der Waals surface area contributed by atoms with Gasteiger partial charge in [-0.2, -0.15) is 5.26 Å². The van der Waals surface area contributed by atoms with Crippen LogP contribution >= 0.6 is 0 Å². The normalized spacial score (nSPS) is 15.6. The number of ether oxygens (including phenoxy) is 1. The van der Waals surface area contributed by atoms with Gasteiger partial charge in [0.05, 0.1) is 11.7 Å². The van der Waals surface area contributed by atoms with Gasteiger partial charge in [-0.3, -0.25) is 4.98 Å². The lowest BCUT2D eigenvalue weighted by atomic mass is 9.71. The van der Waals surface area contributed by atoms with Crippen LogP contribution in [0.5, 0.6) is 5.75 Å². The zero-order chi connectivity index (χ0) is 19.5. The van der Waals surface area contributed by atoms with Gasteiger partial charge in [0.1, 0.15) is 18.4 Å². The third-order valence-electron chi connectivity index (χ3n) is 4.88. The van der Waals surface area contributed by atoms with Gasteiger partial charge in [0.2, 0.25) is 0 Å². The molecule has 0 amide bonds. The van der Waals surface area contributed by atoms with E-state index in [1.54, 1.807) is 18.5 Å². The molecule has 1 aliphatic rings. The predicted molar refractivity (Wildman–Crippen MR) is 106 cm³/mol. The molecule has 0 saturated carbocycles. The molecule has 1 unspecified atom stereocenters. The van der Waals surface area contributed by atoms with Crippen molar-refractivity contribution < 1.29 is 14.4 Å². The topological polar surface area (TPSA) is 75.4 Å². The van der Waals surface area contributed by atoms with E-state index in [1.807, 2.05) is 49.4 Å². The molecule has 1 N–H and O–H groups in total. The number of aromatic nitrogens is 1. The summed E-state index contributed by atoms with van der Waals surface area (Å²) in [5.41, 5.74) is 5.22. The molecule has 5 nitrogen and oxygen atoms in total. The van der Waals surface area contributed by atoms with Crippen LogP contribution in [0.1, 0.15) is 33.9 Å². The predicted octanol–water partition coefficient (Wildman–Crippen LogP) is 2.84. The van der Waals surface area contributed by atoms with Gasteiger partial charge in [0.25, 0.3) is 0 Å². The summed E-state index contributed by atoms with van der Waals surface area (Å²) in [6, 6.07) is 17.4. The molecular weight excluding hydrogens is 351 g/mol. The number of nitrogens with zero attached hydrogens (tertiary/aromatic N) is 2. The fraction of sp³-hybridized carbons (Fsp3) is 0.182. The second kappa shape index (κ2) is 7.85. The molecule has 0 bridgehead atoms. The van der Waals surface area contributed by atoms with Crippen LogP contribution in [0.2, 0.25) is 0 Å². The van der Waals surface area contributed by atoms with Crippen LogP contribution in [-0.2, 0) is 17.7 Å². The monoisotopic (exact) mass is 370 g/mol. The molecule has 0 spiro atoms. The molecule has 3 aromatic rings.